The number of nitrogens with zero attached hydrogens (tertiary/aromatic N) is 1. The van der Waals surface area contributed by atoms with Crippen molar-refractivity contribution in [3.05, 3.63) is 29.8 Å². The molecular formula is C17H26N4O4S. The molecule has 1 saturated carbocycles. The molecular weight excluding hydrogens is 356 g/mol. The summed E-state index contributed by atoms with van der Waals surface area (Å²) in [5.74, 6) is -0.463. The van der Waals surface area contributed by atoms with Crippen LogP contribution >= 0.6 is 0 Å². The summed E-state index contributed by atoms with van der Waals surface area (Å²) in [5.41, 5.74) is -0.0537. The third kappa shape index (κ3) is 5.26. The van der Waals surface area contributed by atoms with Crippen LogP contribution in [0.25, 0.3) is 0 Å². The number of amides is 2. The Morgan fingerprint density at radius 2 is 1.62 bits per heavy atom. The number of rotatable bonds is 9. The van der Waals surface area contributed by atoms with Gasteiger partial charge in [-0.15, -0.1) is 0 Å². The van der Waals surface area contributed by atoms with Crippen LogP contribution in [0.1, 0.15) is 18.4 Å². The Labute approximate surface area is 154 Å². The van der Waals surface area contributed by atoms with Gasteiger partial charge in [-0.25, -0.2) is 13.6 Å². The quantitative estimate of drug-likeness (QED) is 0.495. The third-order valence-corrected chi connectivity index (χ3v) is 5.34. The third-order valence-electron chi connectivity index (χ3n) is 4.41. The molecule has 0 spiro atoms. The lowest BCUT2D eigenvalue weighted by Crippen LogP contribution is -2.45. The minimum Gasteiger partial charge on any atom is -0.355 e. The first-order valence-electron chi connectivity index (χ1n) is 8.48. The SMILES string of the molecule is CN(C)CCNC(=O)C1(C(=O)NCCc2ccc(S(N)(=O)=O)cc2)CC1. The molecule has 1 aromatic rings. The monoisotopic (exact) mass is 382 g/mol. The maximum Gasteiger partial charge on any atom is 0.238 e. The number of nitrogens with one attached hydrogen (secondary N) is 2. The van der Waals surface area contributed by atoms with Crippen LogP contribution in [0.15, 0.2) is 29.2 Å². The fourth-order valence-corrected chi connectivity index (χ4v) is 3.10. The highest BCUT2D eigenvalue weighted by molar-refractivity contribution is 7.89. The number of carbonyl (C=O) groups excluding carboxylic acids is 2. The highest BCUT2D eigenvalue weighted by Gasteiger charge is 2.56. The molecule has 0 atom stereocenters. The Bertz CT molecular complexity index is 755. The Hall–Kier alpha value is -1.97. The van der Waals surface area contributed by atoms with Crippen molar-refractivity contribution in [2.75, 3.05) is 33.7 Å². The molecule has 0 radical (unpaired) electrons. The van der Waals surface area contributed by atoms with E-state index in [2.05, 4.69) is 10.6 Å². The summed E-state index contributed by atoms with van der Waals surface area (Å²) >= 11 is 0. The van der Waals surface area contributed by atoms with Gasteiger partial charge in [0, 0.05) is 19.6 Å². The van der Waals surface area contributed by atoms with E-state index in [4.69, 9.17) is 5.14 Å². The molecule has 0 unspecified atom stereocenters. The molecule has 1 aliphatic carbocycles. The zero-order valence-corrected chi connectivity index (χ0v) is 15.9. The zero-order chi connectivity index (χ0) is 19.4. The van der Waals surface area contributed by atoms with Crippen molar-refractivity contribution in [1.29, 1.82) is 0 Å². The molecule has 144 valence electrons. The predicted molar refractivity (Wildman–Crippen MR) is 97.8 cm³/mol. The maximum absolute atomic E-state index is 12.4. The van der Waals surface area contributed by atoms with Crippen LogP contribution in [0.4, 0.5) is 0 Å². The number of likely N-dealkylation sites (N-methyl/N-ethyl adjacent to an activating group) is 1. The number of primary sulfonamides is 1. The number of hydrogen-bond acceptors (Lipinski definition) is 5. The van der Waals surface area contributed by atoms with Gasteiger partial charge in [0.1, 0.15) is 5.41 Å². The number of sulfonamides is 1. The van der Waals surface area contributed by atoms with Gasteiger partial charge in [0.2, 0.25) is 21.8 Å². The lowest BCUT2D eigenvalue weighted by atomic mass is 10.0. The molecule has 2 rings (SSSR count). The second-order valence-corrected chi connectivity index (χ2v) is 8.40. The summed E-state index contributed by atoms with van der Waals surface area (Å²) < 4.78 is 22.4. The van der Waals surface area contributed by atoms with Crippen molar-refractivity contribution in [3.8, 4) is 0 Å². The van der Waals surface area contributed by atoms with Crippen molar-refractivity contribution in [1.82, 2.24) is 15.5 Å². The fraction of sp³-hybridized carbons (Fsp3) is 0.529. The molecule has 26 heavy (non-hydrogen) atoms. The van der Waals surface area contributed by atoms with E-state index in [9.17, 15) is 18.0 Å². The van der Waals surface area contributed by atoms with Crippen LogP contribution in [-0.4, -0.2) is 58.9 Å². The first-order valence-corrected chi connectivity index (χ1v) is 10.0. The van der Waals surface area contributed by atoms with Gasteiger partial charge in [0.15, 0.2) is 0 Å². The molecule has 8 nitrogen and oxygen atoms in total. The highest BCUT2D eigenvalue weighted by Crippen LogP contribution is 2.46. The van der Waals surface area contributed by atoms with Crippen molar-refractivity contribution in [2.45, 2.75) is 24.2 Å². The van der Waals surface area contributed by atoms with Gasteiger partial charge < -0.3 is 15.5 Å². The van der Waals surface area contributed by atoms with Gasteiger partial charge in [0.05, 0.1) is 4.90 Å². The second kappa shape index (κ2) is 8.15. The van der Waals surface area contributed by atoms with Crippen molar-refractivity contribution < 1.29 is 18.0 Å². The van der Waals surface area contributed by atoms with Crippen molar-refractivity contribution in [2.24, 2.45) is 10.6 Å². The second-order valence-electron chi connectivity index (χ2n) is 6.84. The first-order chi connectivity index (χ1) is 12.1. The topological polar surface area (TPSA) is 122 Å². The Morgan fingerprint density at radius 1 is 1.08 bits per heavy atom. The Morgan fingerprint density at radius 3 is 2.08 bits per heavy atom. The average Bonchev–Trinajstić information content (AvgIpc) is 3.36. The van der Waals surface area contributed by atoms with Crippen LogP contribution in [-0.2, 0) is 26.0 Å². The van der Waals surface area contributed by atoms with E-state index in [1.54, 1.807) is 12.1 Å². The van der Waals surface area contributed by atoms with E-state index < -0.39 is 15.4 Å². The normalized spacial score (nSPS) is 15.5. The van der Waals surface area contributed by atoms with E-state index in [1.165, 1.54) is 12.1 Å². The van der Waals surface area contributed by atoms with Crippen LogP contribution in [0, 0.1) is 5.41 Å². The molecule has 1 aliphatic rings. The molecule has 0 heterocycles. The van der Waals surface area contributed by atoms with Crippen LogP contribution in [0.3, 0.4) is 0 Å². The zero-order valence-electron chi connectivity index (χ0n) is 15.1. The molecule has 2 amide bonds. The summed E-state index contributed by atoms with van der Waals surface area (Å²) in [7, 11) is 0.131. The summed E-state index contributed by atoms with van der Waals surface area (Å²) in [5, 5.41) is 10.7. The number of benzene rings is 1. The predicted octanol–water partition coefficient (Wildman–Crippen LogP) is -0.549. The number of carbonyl (C=O) groups is 2. The van der Waals surface area contributed by atoms with E-state index >= 15 is 0 Å². The van der Waals surface area contributed by atoms with Gasteiger partial charge >= 0.3 is 0 Å². The fourth-order valence-electron chi connectivity index (χ4n) is 2.58. The smallest absolute Gasteiger partial charge is 0.238 e. The Kier molecular flexibility index (Phi) is 6.38. The van der Waals surface area contributed by atoms with E-state index in [0.29, 0.717) is 32.4 Å². The Balaban J connectivity index is 1.80. The van der Waals surface area contributed by atoms with Gasteiger partial charge in [-0.3, -0.25) is 9.59 Å². The van der Waals surface area contributed by atoms with Gasteiger partial charge in [-0.05, 0) is 51.1 Å². The lowest BCUT2D eigenvalue weighted by Gasteiger charge is -2.16. The van der Waals surface area contributed by atoms with Gasteiger partial charge in [-0.2, -0.15) is 0 Å². The van der Waals surface area contributed by atoms with Gasteiger partial charge in [0.25, 0.3) is 0 Å². The van der Waals surface area contributed by atoms with E-state index in [0.717, 1.165) is 12.1 Å². The standard InChI is InChI=1S/C17H26N4O4S/c1-21(2)12-11-20-16(23)17(8-9-17)15(22)19-10-7-13-3-5-14(6-4-13)26(18,24)25/h3-6H,7-12H2,1-2H3,(H,19,22)(H,20,23)(H2,18,24,25). The van der Waals surface area contributed by atoms with Crippen LogP contribution in [0.5, 0.6) is 0 Å². The molecule has 1 fully saturated rings. The molecule has 0 saturated heterocycles. The number of nitrogens with two attached hydrogens (primary N) is 1. The minimum atomic E-state index is -3.70. The van der Waals surface area contributed by atoms with Crippen molar-refractivity contribution in [3.63, 3.8) is 0 Å². The van der Waals surface area contributed by atoms with Crippen molar-refractivity contribution >= 4 is 21.8 Å². The summed E-state index contributed by atoms with van der Waals surface area (Å²) in [6, 6.07) is 6.19. The largest absolute Gasteiger partial charge is 0.355 e. The summed E-state index contributed by atoms with van der Waals surface area (Å²) in [6.45, 7) is 1.61. The van der Waals surface area contributed by atoms with E-state index in [-0.39, 0.29) is 16.7 Å². The first kappa shape index (κ1) is 20.3. The van der Waals surface area contributed by atoms with Crippen LogP contribution in [0.2, 0.25) is 0 Å². The molecule has 9 heteroatoms. The molecule has 1 aromatic carbocycles. The molecule has 4 N–H and O–H groups in total. The van der Waals surface area contributed by atoms with Crippen LogP contribution < -0.4 is 15.8 Å². The van der Waals surface area contributed by atoms with Gasteiger partial charge in [-0.1, -0.05) is 12.1 Å². The molecule has 0 bridgehead atoms. The summed E-state index contributed by atoms with van der Waals surface area (Å²) in [6.07, 6.45) is 1.67. The molecule has 0 aromatic heterocycles. The molecule has 0 aliphatic heterocycles. The maximum atomic E-state index is 12.4. The highest BCUT2D eigenvalue weighted by atomic mass is 32.2. The lowest BCUT2D eigenvalue weighted by molar-refractivity contribution is -0.137. The van der Waals surface area contributed by atoms with E-state index in [1.807, 2.05) is 19.0 Å². The minimum absolute atomic E-state index is 0.0524. The summed E-state index contributed by atoms with van der Waals surface area (Å²) in [4.78, 5) is 26.6. The average molecular weight is 382 g/mol. The number of hydrogen-bond donors (Lipinski definition) is 3.